The van der Waals surface area contributed by atoms with Crippen LogP contribution < -0.4 is 0 Å². The van der Waals surface area contributed by atoms with E-state index in [2.05, 4.69) is 18.8 Å². The monoisotopic (exact) mass is 181 g/mol. The van der Waals surface area contributed by atoms with Gasteiger partial charge in [0.2, 0.25) is 0 Å². The predicted molar refractivity (Wildman–Crippen MR) is 52.8 cm³/mol. The van der Waals surface area contributed by atoms with E-state index in [1.165, 1.54) is 34.8 Å². The quantitative estimate of drug-likeness (QED) is 0.682. The number of aromatic nitrogens is 1. The van der Waals surface area contributed by atoms with E-state index in [1.807, 2.05) is 11.3 Å². The van der Waals surface area contributed by atoms with Gasteiger partial charge in [0.1, 0.15) is 0 Å². The van der Waals surface area contributed by atoms with Crippen LogP contribution in [0.25, 0.3) is 0 Å². The summed E-state index contributed by atoms with van der Waals surface area (Å²) in [5, 5.41) is 1.31. The Balaban J connectivity index is 2.23. The second-order valence-electron chi connectivity index (χ2n) is 3.53. The van der Waals surface area contributed by atoms with Crippen molar-refractivity contribution in [1.82, 2.24) is 4.98 Å². The highest BCUT2D eigenvalue weighted by atomic mass is 32.1. The molecule has 1 nitrogen and oxygen atoms in total. The molecule has 0 unspecified atom stereocenters. The maximum atomic E-state index is 4.67. The van der Waals surface area contributed by atoms with Gasteiger partial charge in [-0.05, 0) is 26.2 Å². The third-order valence-electron chi connectivity index (χ3n) is 2.67. The predicted octanol–water partition coefficient (Wildman–Crippen LogP) is 3.28. The zero-order valence-electron chi connectivity index (χ0n) is 7.76. The summed E-state index contributed by atoms with van der Waals surface area (Å²) in [6.45, 7) is 4.40. The van der Waals surface area contributed by atoms with Gasteiger partial charge in [-0.2, -0.15) is 0 Å². The molecular formula is C10H15NS. The molecule has 0 aliphatic heterocycles. The van der Waals surface area contributed by atoms with Crippen molar-refractivity contribution in [3.05, 3.63) is 15.6 Å². The van der Waals surface area contributed by atoms with Gasteiger partial charge in [0.25, 0.3) is 0 Å². The van der Waals surface area contributed by atoms with E-state index in [1.54, 1.807) is 0 Å². The van der Waals surface area contributed by atoms with Gasteiger partial charge in [0, 0.05) is 10.8 Å². The number of nitrogens with zero attached hydrogens (tertiary/aromatic N) is 1. The lowest BCUT2D eigenvalue weighted by molar-refractivity contribution is 0.411. The molecule has 2 rings (SSSR count). The van der Waals surface area contributed by atoms with E-state index in [0.717, 1.165) is 12.3 Å². The topological polar surface area (TPSA) is 12.9 Å². The molecule has 0 saturated heterocycles. The Hall–Kier alpha value is -0.370. The van der Waals surface area contributed by atoms with Crippen LogP contribution in [-0.4, -0.2) is 4.98 Å². The van der Waals surface area contributed by atoms with Gasteiger partial charge in [0.05, 0.1) is 10.7 Å². The largest absolute Gasteiger partial charge is 0.246 e. The van der Waals surface area contributed by atoms with Crippen LogP contribution in [0.1, 0.15) is 47.7 Å². The van der Waals surface area contributed by atoms with E-state index >= 15 is 0 Å². The van der Waals surface area contributed by atoms with Gasteiger partial charge in [0.15, 0.2) is 0 Å². The summed E-state index contributed by atoms with van der Waals surface area (Å²) < 4.78 is 0. The van der Waals surface area contributed by atoms with Crippen molar-refractivity contribution >= 4 is 11.3 Å². The standard InChI is InChI=1S/C10H15NS/c1-3-9-11-10(7(2)12-9)8-5-4-6-8/h8H,3-6H2,1-2H3. The Bertz CT molecular complexity index is 273. The molecule has 0 bridgehead atoms. The van der Waals surface area contributed by atoms with Crippen molar-refractivity contribution in [3.63, 3.8) is 0 Å². The van der Waals surface area contributed by atoms with Crippen molar-refractivity contribution in [2.75, 3.05) is 0 Å². The Morgan fingerprint density at radius 1 is 1.50 bits per heavy atom. The highest BCUT2D eigenvalue weighted by molar-refractivity contribution is 7.11. The number of hydrogen-bond donors (Lipinski definition) is 0. The molecule has 0 N–H and O–H groups in total. The lowest BCUT2D eigenvalue weighted by Gasteiger charge is -2.24. The maximum absolute atomic E-state index is 4.67. The summed E-state index contributed by atoms with van der Waals surface area (Å²) in [5.74, 6) is 0.807. The van der Waals surface area contributed by atoms with E-state index < -0.39 is 0 Å². The van der Waals surface area contributed by atoms with Gasteiger partial charge < -0.3 is 0 Å². The number of thiazole rings is 1. The molecule has 0 radical (unpaired) electrons. The third-order valence-corrected chi connectivity index (χ3v) is 3.80. The normalized spacial score (nSPS) is 17.8. The van der Waals surface area contributed by atoms with Crippen molar-refractivity contribution in [2.45, 2.75) is 45.4 Å². The summed E-state index contributed by atoms with van der Waals surface area (Å²) in [6, 6.07) is 0. The van der Waals surface area contributed by atoms with Crippen LogP contribution in [-0.2, 0) is 6.42 Å². The van der Waals surface area contributed by atoms with Crippen LogP contribution in [0.3, 0.4) is 0 Å². The lowest BCUT2D eigenvalue weighted by atomic mass is 9.82. The minimum absolute atomic E-state index is 0.807. The first-order valence-corrected chi connectivity index (χ1v) is 5.59. The minimum atomic E-state index is 0.807. The van der Waals surface area contributed by atoms with Gasteiger partial charge in [-0.1, -0.05) is 13.3 Å². The smallest absolute Gasteiger partial charge is 0.0928 e. The van der Waals surface area contributed by atoms with E-state index in [-0.39, 0.29) is 0 Å². The fourth-order valence-electron chi connectivity index (χ4n) is 1.68. The number of hydrogen-bond acceptors (Lipinski definition) is 2. The number of rotatable bonds is 2. The molecule has 1 fully saturated rings. The summed E-state index contributed by atoms with van der Waals surface area (Å²) in [7, 11) is 0. The van der Waals surface area contributed by atoms with Crippen LogP contribution in [0.5, 0.6) is 0 Å². The lowest BCUT2D eigenvalue weighted by Crippen LogP contribution is -2.10. The maximum Gasteiger partial charge on any atom is 0.0928 e. The first-order valence-electron chi connectivity index (χ1n) is 4.77. The number of aryl methyl sites for hydroxylation is 2. The second-order valence-corrected chi connectivity index (χ2v) is 4.82. The van der Waals surface area contributed by atoms with Gasteiger partial charge in [-0.3, -0.25) is 0 Å². The third kappa shape index (κ3) is 1.28. The molecule has 66 valence electrons. The molecule has 12 heavy (non-hydrogen) atoms. The van der Waals surface area contributed by atoms with Crippen LogP contribution in [0, 0.1) is 6.92 Å². The Labute approximate surface area is 77.8 Å². The second kappa shape index (κ2) is 3.17. The minimum Gasteiger partial charge on any atom is -0.246 e. The molecule has 1 aliphatic carbocycles. The van der Waals surface area contributed by atoms with Crippen molar-refractivity contribution < 1.29 is 0 Å². The summed E-state index contributed by atoms with van der Waals surface area (Å²) in [5.41, 5.74) is 1.41. The van der Waals surface area contributed by atoms with Gasteiger partial charge >= 0.3 is 0 Å². The van der Waals surface area contributed by atoms with Gasteiger partial charge in [-0.25, -0.2) is 4.98 Å². The zero-order valence-corrected chi connectivity index (χ0v) is 8.58. The van der Waals surface area contributed by atoms with Crippen LogP contribution in [0.2, 0.25) is 0 Å². The van der Waals surface area contributed by atoms with Gasteiger partial charge in [-0.15, -0.1) is 11.3 Å². The summed E-state index contributed by atoms with van der Waals surface area (Å²) in [6.07, 6.45) is 5.24. The first-order chi connectivity index (χ1) is 5.81. The molecule has 0 amide bonds. The molecule has 0 atom stereocenters. The molecule has 1 aromatic heterocycles. The molecule has 1 aromatic rings. The van der Waals surface area contributed by atoms with Crippen LogP contribution >= 0.6 is 11.3 Å². The molecule has 1 aliphatic rings. The fourth-order valence-corrected chi connectivity index (χ4v) is 2.64. The molecule has 2 heteroatoms. The first kappa shape index (κ1) is 8.24. The molecular weight excluding hydrogens is 166 g/mol. The van der Waals surface area contributed by atoms with E-state index in [9.17, 15) is 0 Å². The average Bonchev–Trinajstić information content (AvgIpc) is 2.29. The summed E-state index contributed by atoms with van der Waals surface area (Å²) in [4.78, 5) is 6.12. The Morgan fingerprint density at radius 2 is 2.25 bits per heavy atom. The molecule has 0 spiro atoms. The Kier molecular flexibility index (Phi) is 2.18. The molecule has 1 saturated carbocycles. The van der Waals surface area contributed by atoms with Crippen molar-refractivity contribution in [1.29, 1.82) is 0 Å². The zero-order chi connectivity index (χ0) is 8.55. The van der Waals surface area contributed by atoms with E-state index in [0.29, 0.717) is 0 Å². The van der Waals surface area contributed by atoms with E-state index in [4.69, 9.17) is 0 Å². The van der Waals surface area contributed by atoms with Crippen molar-refractivity contribution in [3.8, 4) is 0 Å². The Morgan fingerprint density at radius 3 is 2.67 bits per heavy atom. The van der Waals surface area contributed by atoms with Crippen LogP contribution in [0.15, 0.2) is 0 Å². The van der Waals surface area contributed by atoms with Crippen molar-refractivity contribution in [2.24, 2.45) is 0 Å². The SMILES string of the molecule is CCc1nc(C2CCC2)c(C)s1. The fraction of sp³-hybridized carbons (Fsp3) is 0.700. The summed E-state index contributed by atoms with van der Waals surface area (Å²) >= 11 is 1.88. The van der Waals surface area contributed by atoms with Crippen LogP contribution in [0.4, 0.5) is 0 Å². The highest BCUT2D eigenvalue weighted by Crippen LogP contribution is 2.38. The molecule has 0 aromatic carbocycles. The highest BCUT2D eigenvalue weighted by Gasteiger charge is 2.23. The average molecular weight is 181 g/mol. The molecule has 1 heterocycles.